The summed E-state index contributed by atoms with van der Waals surface area (Å²) in [5.74, 6) is -0.847. The van der Waals surface area contributed by atoms with Gasteiger partial charge in [-0.3, -0.25) is 9.59 Å². The van der Waals surface area contributed by atoms with E-state index in [0.717, 1.165) is 5.56 Å². The van der Waals surface area contributed by atoms with Gasteiger partial charge in [-0.15, -0.1) is 0 Å². The fraction of sp³-hybridized carbons (Fsp3) is 0.444. The number of alkyl carbamates (subject to hydrolysis) is 1. The number of benzene rings is 2. The van der Waals surface area contributed by atoms with Gasteiger partial charge in [-0.05, 0) is 82.9 Å². The zero-order valence-electron chi connectivity index (χ0n) is 21.9. The monoisotopic (exact) mass is 517 g/mol. The fourth-order valence-corrected chi connectivity index (χ4v) is 3.97. The molecular weight excluding hydrogens is 482 g/mol. The van der Waals surface area contributed by atoms with Gasteiger partial charge in [0.15, 0.2) is 0 Å². The molecule has 0 bridgehead atoms. The highest BCUT2D eigenvalue weighted by Gasteiger charge is 2.35. The van der Waals surface area contributed by atoms with Crippen LogP contribution in [0.1, 0.15) is 63.8 Å². The molecule has 9 heteroatoms. The number of carbonyl (C=O) groups is 3. The van der Waals surface area contributed by atoms with E-state index in [2.05, 4.69) is 10.6 Å². The molecule has 2 aromatic carbocycles. The summed E-state index contributed by atoms with van der Waals surface area (Å²) in [5.41, 5.74) is 1.56. The van der Waals surface area contributed by atoms with Crippen LogP contribution in [-0.2, 0) is 14.3 Å². The molecule has 0 spiro atoms. The molecule has 196 valence electrons. The van der Waals surface area contributed by atoms with Gasteiger partial charge >= 0.3 is 6.09 Å². The minimum Gasteiger partial charge on any atom is -0.508 e. The van der Waals surface area contributed by atoms with Crippen molar-refractivity contribution in [3.8, 4) is 5.75 Å². The summed E-state index contributed by atoms with van der Waals surface area (Å²) in [5, 5.41) is 15.9. The normalized spacial score (nSPS) is 12.9. The molecule has 36 heavy (non-hydrogen) atoms. The molecule has 0 aliphatic heterocycles. The molecule has 0 heterocycles. The molecule has 0 radical (unpaired) electrons. The van der Waals surface area contributed by atoms with Crippen LogP contribution in [0.3, 0.4) is 0 Å². The van der Waals surface area contributed by atoms with Gasteiger partial charge in [-0.25, -0.2) is 4.79 Å². The van der Waals surface area contributed by atoms with E-state index in [1.165, 1.54) is 11.0 Å². The molecule has 0 aliphatic rings. The Morgan fingerprint density at radius 1 is 1.11 bits per heavy atom. The van der Waals surface area contributed by atoms with Gasteiger partial charge in [0.25, 0.3) is 5.91 Å². The van der Waals surface area contributed by atoms with Gasteiger partial charge in [0, 0.05) is 6.54 Å². The molecular formula is C27H36ClN3O5. The van der Waals surface area contributed by atoms with E-state index in [1.54, 1.807) is 58.9 Å². The van der Waals surface area contributed by atoms with Crippen LogP contribution in [0, 0.1) is 13.8 Å². The van der Waals surface area contributed by atoms with E-state index in [1.807, 2.05) is 19.9 Å². The van der Waals surface area contributed by atoms with E-state index in [0.29, 0.717) is 28.3 Å². The predicted molar refractivity (Wildman–Crippen MR) is 141 cm³/mol. The molecule has 2 atom stereocenters. The largest absolute Gasteiger partial charge is 0.508 e. The first-order valence-electron chi connectivity index (χ1n) is 11.9. The Bertz CT molecular complexity index is 1090. The second-order valence-electron chi connectivity index (χ2n) is 9.77. The van der Waals surface area contributed by atoms with Gasteiger partial charge in [0.1, 0.15) is 23.4 Å². The maximum Gasteiger partial charge on any atom is 0.408 e. The number of nitrogens with zero attached hydrogens (tertiary/aromatic N) is 1. The number of phenolic OH excluding ortho intramolecular Hbond substituents is 1. The van der Waals surface area contributed by atoms with E-state index in [4.69, 9.17) is 16.3 Å². The maximum atomic E-state index is 13.7. The number of rotatable bonds is 8. The molecule has 0 aliphatic carbocycles. The second kappa shape index (κ2) is 12.1. The van der Waals surface area contributed by atoms with Gasteiger partial charge in [-0.2, -0.15) is 0 Å². The molecule has 0 saturated heterocycles. The number of anilines is 1. The Hall–Kier alpha value is -3.26. The minimum absolute atomic E-state index is 0.0770. The third-order valence-electron chi connectivity index (χ3n) is 5.42. The first-order valence-corrected chi connectivity index (χ1v) is 12.3. The topological polar surface area (TPSA) is 108 Å². The van der Waals surface area contributed by atoms with E-state index < -0.39 is 35.6 Å². The van der Waals surface area contributed by atoms with Crippen LogP contribution in [0.25, 0.3) is 0 Å². The zero-order chi connectivity index (χ0) is 27.2. The van der Waals surface area contributed by atoms with E-state index in [-0.39, 0.29) is 12.3 Å². The molecule has 3 amide bonds. The Morgan fingerprint density at radius 2 is 1.78 bits per heavy atom. The number of aromatic hydroxyl groups is 1. The quantitative estimate of drug-likeness (QED) is 0.429. The van der Waals surface area contributed by atoms with Crippen LogP contribution in [0.4, 0.5) is 10.5 Å². The smallest absolute Gasteiger partial charge is 0.408 e. The molecule has 2 unspecified atom stereocenters. The van der Waals surface area contributed by atoms with Crippen molar-refractivity contribution in [2.45, 2.75) is 72.6 Å². The lowest BCUT2D eigenvalue weighted by Gasteiger charge is -2.33. The third-order valence-corrected chi connectivity index (χ3v) is 5.73. The number of hydrogen-bond donors (Lipinski definition) is 3. The van der Waals surface area contributed by atoms with Crippen molar-refractivity contribution in [1.82, 2.24) is 10.2 Å². The number of nitrogens with one attached hydrogen (secondary N) is 2. The van der Waals surface area contributed by atoms with Crippen molar-refractivity contribution in [2.75, 3.05) is 11.9 Å². The van der Waals surface area contributed by atoms with Crippen LogP contribution >= 0.6 is 11.6 Å². The van der Waals surface area contributed by atoms with Crippen molar-refractivity contribution >= 4 is 35.2 Å². The lowest BCUT2D eigenvalue weighted by atomic mass is 10.00. The summed E-state index contributed by atoms with van der Waals surface area (Å²) in [6, 6.07) is 8.04. The Morgan fingerprint density at radius 3 is 2.33 bits per heavy atom. The highest BCUT2D eigenvalue weighted by Crippen LogP contribution is 2.31. The standard InChI is InChI=1S/C27H36ClN3O5/c1-8-14-31(25(34)18(4)29-26(35)36-27(5,6)7)23(19-12-13-21(32)17(3)15-19)24(33)30-22-16(2)10-9-11-20(22)28/h9-13,15,18,23,32H,8,14H2,1-7H3,(H,29,35)(H,30,33). The average molecular weight is 518 g/mol. The molecule has 2 rings (SSSR count). The summed E-state index contributed by atoms with van der Waals surface area (Å²) in [6.07, 6.45) is -0.162. The van der Waals surface area contributed by atoms with Gasteiger partial charge in [0.2, 0.25) is 5.91 Å². The van der Waals surface area contributed by atoms with Crippen LogP contribution in [-0.4, -0.2) is 46.1 Å². The average Bonchev–Trinajstić information content (AvgIpc) is 2.76. The van der Waals surface area contributed by atoms with Gasteiger partial charge in [0.05, 0.1) is 10.7 Å². The summed E-state index contributed by atoms with van der Waals surface area (Å²) >= 11 is 6.34. The number of phenols is 1. The van der Waals surface area contributed by atoms with E-state index in [9.17, 15) is 19.5 Å². The van der Waals surface area contributed by atoms with Crippen LogP contribution in [0.2, 0.25) is 5.02 Å². The molecule has 0 saturated carbocycles. The summed E-state index contributed by atoms with van der Waals surface area (Å²) in [4.78, 5) is 41.0. The predicted octanol–water partition coefficient (Wildman–Crippen LogP) is 5.49. The number of halogens is 1. The molecule has 3 N–H and O–H groups in total. The Balaban J connectivity index is 2.47. The lowest BCUT2D eigenvalue weighted by Crippen LogP contribution is -2.51. The summed E-state index contributed by atoms with van der Waals surface area (Å²) in [6.45, 7) is 12.4. The fourth-order valence-electron chi connectivity index (χ4n) is 3.71. The third kappa shape index (κ3) is 7.62. The van der Waals surface area contributed by atoms with Crippen LogP contribution < -0.4 is 10.6 Å². The van der Waals surface area contributed by atoms with Crippen molar-refractivity contribution < 1.29 is 24.2 Å². The summed E-state index contributed by atoms with van der Waals surface area (Å²) < 4.78 is 5.28. The van der Waals surface area contributed by atoms with Crippen LogP contribution in [0.15, 0.2) is 36.4 Å². The van der Waals surface area contributed by atoms with Crippen molar-refractivity contribution in [3.63, 3.8) is 0 Å². The number of aryl methyl sites for hydroxylation is 2. The number of hydrogen-bond acceptors (Lipinski definition) is 5. The zero-order valence-corrected chi connectivity index (χ0v) is 22.7. The van der Waals surface area contributed by atoms with E-state index >= 15 is 0 Å². The highest BCUT2D eigenvalue weighted by molar-refractivity contribution is 6.34. The molecule has 0 fully saturated rings. The molecule has 2 aromatic rings. The minimum atomic E-state index is -1.05. The Labute approximate surface area is 218 Å². The first kappa shape index (κ1) is 29.0. The van der Waals surface area contributed by atoms with Crippen LogP contribution in [0.5, 0.6) is 5.75 Å². The first-order chi connectivity index (χ1) is 16.7. The number of para-hydroxylation sites is 1. The number of ether oxygens (including phenoxy) is 1. The van der Waals surface area contributed by atoms with Crippen molar-refractivity contribution in [1.29, 1.82) is 0 Å². The highest BCUT2D eigenvalue weighted by atomic mass is 35.5. The molecule has 8 nitrogen and oxygen atoms in total. The molecule has 0 aromatic heterocycles. The summed E-state index contributed by atoms with van der Waals surface area (Å²) in [7, 11) is 0. The van der Waals surface area contributed by atoms with Crippen molar-refractivity contribution in [2.24, 2.45) is 0 Å². The van der Waals surface area contributed by atoms with Gasteiger partial charge < -0.3 is 25.4 Å². The Kier molecular flexibility index (Phi) is 9.76. The van der Waals surface area contributed by atoms with Crippen molar-refractivity contribution in [3.05, 3.63) is 58.1 Å². The lowest BCUT2D eigenvalue weighted by molar-refractivity contribution is -0.140. The second-order valence-corrected chi connectivity index (χ2v) is 10.2. The maximum absolute atomic E-state index is 13.7. The SMILES string of the molecule is CCCN(C(=O)C(C)NC(=O)OC(C)(C)C)C(C(=O)Nc1c(C)cccc1Cl)c1ccc(O)c(C)c1. The van der Waals surface area contributed by atoms with Gasteiger partial charge in [-0.1, -0.05) is 36.7 Å². The number of carbonyl (C=O) groups excluding carboxylic acids is 3. The number of amides is 3.